The second-order valence-corrected chi connectivity index (χ2v) is 6.77. The van der Waals surface area contributed by atoms with Crippen LogP contribution in [0.4, 0.5) is 0 Å². The van der Waals surface area contributed by atoms with Gasteiger partial charge in [-0.2, -0.15) is 0 Å². The molecular weight excluding hydrogens is 306 g/mol. The lowest BCUT2D eigenvalue weighted by Gasteiger charge is -2.23. The minimum atomic E-state index is 0.765. The highest BCUT2D eigenvalue weighted by atomic mass is 35.5. The lowest BCUT2D eigenvalue weighted by atomic mass is 10.1. The van der Waals surface area contributed by atoms with E-state index in [-0.39, 0.29) is 0 Å². The summed E-state index contributed by atoms with van der Waals surface area (Å²) in [5.74, 6) is 0. The Morgan fingerprint density at radius 1 is 1.00 bits per heavy atom. The van der Waals surface area contributed by atoms with E-state index in [0.29, 0.717) is 0 Å². The molecule has 0 aliphatic carbocycles. The SMILES string of the molecule is Clc1ccc(-c2nc3ccccn3c2C[NH+]2CCCCC2)cc1. The molecule has 1 aliphatic rings. The van der Waals surface area contributed by atoms with Crippen LogP contribution in [0, 0.1) is 0 Å². The number of pyridine rings is 1. The van der Waals surface area contributed by atoms with E-state index < -0.39 is 0 Å². The summed E-state index contributed by atoms with van der Waals surface area (Å²) in [6.45, 7) is 3.56. The van der Waals surface area contributed by atoms with Gasteiger partial charge < -0.3 is 4.90 Å². The lowest BCUT2D eigenvalue weighted by Crippen LogP contribution is -3.11. The van der Waals surface area contributed by atoms with E-state index in [1.807, 2.05) is 18.2 Å². The van der Waals surface area contributed by atoms with Gasteiger partial charge in [0.05, 0.1) is 18.8 Å². The van der Waals surface area contributed by atoms with Crippen LogP contribution in [0.1, 0.15) is 25.0 Å². The maximum absolute atomic E-state index is 6.04. The highest BCUT2D eigenvalue weighted by molar-refractivity contribution is 6.30. The Morgan fingerprint density at radius 3 is 2.57 bits per heavy atom. The second-order valence-electron chi connectivity index (χ2n) is 6.33. The van der Waals surface area contributed by atoms with Crippen LogP contribution in [0.5, 0.6) is 0 Å². The van der Waals surface area contributed by atoms with Gasteiger partial charge in [0.15, 0.2) is 0 Å². The van der Waals surface area contributed by atoms with Crippen LogP contribution in [0.25, 0.3) is 16.9 Å². The average molecular weight is 327 g/mol. The predicted molar refractivity (Wildman–Crippen MR) is 93.9 cm³/mol. The van der Waals surface area contributed by atoms with Gasteiger partial charge in [-0.1, -0.05) is 29.8 Å². The van der Waals surface area contributed by atoms with Crippen molar-refractivity contribution in [2.24, 2.45) is 0 Å². The summed E-state index contributed by atoms with van der Waals surface area (Å²) in [7, 11) is 0. The fourth-order valence-corrected chi connectivity index (χ4v) is 3.65. The van der Waals surface area contributed by atoms with Crippen molar-refractivity contribution in [3.8, 4) is 11.3 Å². The summed E-state index contributed by atoms with van der Waals surface area (Å²) in [5.41, 5.74) is 4.55. The normalized spacial score (nSPS) is 16.0. The van der Waals surface area contributed by atoms with Crippen LogP contribution < -0.4 is 4.90 Å². The van der Waals surface area contributed by atoms with Gasteiger partial charge >= 0.3 is 0 Å². The summed E-state index contributed by atoms with van der Waals surface area (Å²) in [6, 6.07) is 14.2. The van der Waals surface area contributed by atoms with Crippen molar-refractivity contribution in [3.05, 3.63) is 59.4 Å². The first-order chi connectivity index (χ1) is 11.3. The van der Waals surface area contributed by atoms with Gasteiger partial charge in [-0.3, -0.25) is 4.40 Å². The van der Waals surface area contributed by atoms with Gasteiger partial charge in [0.25, 0.3) is 0 Å². The third kappa shape index (κ3) is 2.99. The largest absolute Gasteiger partial charge is 0.330 e. The zero-order valence-electron chi connectivity index (χ0n) is 13.1. The molecule has 0 amide bonds. The molecule has 1 saturated heterocycles. The molecule has 0 bridgehead atoms. The number of quaternary nitrogens is 1. The quantitative estimate of drug-likeness (QED) is 0.784. The highest BCUT2D eigenvalue weighted by Gasteiger charge is 2.20. The van der Waals surface area contributed by atoms with Gasteiger partial charge in [-0.15, -0.1) is 0 Å². The van der Waals surface area contributed by atoms with Crippen molar-refractivity contribution in [1.82, 2.24) is 9.38 Å². The Bertz CT molecular complexity index is 801. The van der Waals surface area contributed by atoms with Crippen LogP contribution in [-0.2, 0) is 6.54 Å². The average Bonchev–Trinajstić information content (AvgIpc) is 2.95. The number of imidazole rings is 1. The molecule has 0 unspecified atom stereocenters. The van der Waals surface area contributed by atoms with E-state index in [9.17, 15) is 0 Å². The molecular formula is C19H21ClN3+. The Kier molecular flexibility index (Phi) is 4.06. The number of nitrogens with one attached hydrogen (secondary N) is 1. The molecule has 0 radical (unpaired) electrons. The Balaban J connectivity index is 1.79. The standard InChI is InChI=1S/C19H20ClN3/c20-16-9-7-15(8-10-16)19-17(14-22-11-3-1-4-12-22)23-13-5-2-6-18(23)21-19/h2,5-10,13H,1,3-4,11-12,14H2/p+1. The minimum Gasteiger partial charge on any atom is -0.330 e. The number of nitrogens with zero attached hydrogens (tertiary/aromatic N) is 2. The molecule has 3 aromatic rings. The van der Waals surface area contributed by atoms with E-state index in [1.165, 1.54) is 38.0 Å². The van der Waals surface area contributed by atoms with Gasteiger partial charge in [0.1, 0.15) is 17.9 Å². The topological polar surface area (TPSA) is 21.7 Å². The smallest absolute Gasteiger partial charge is 0.137 e. The number of fused-ring (bicyclic) bond motifs is 1. The van der Waals surface area contributed by atoms with Gasteiger partial charge in [0, 0.05) is 16.8 Å². The van der Waals surface area contributed by atoms with Gasteiger partial charge in [-0.05, 0) is 43.5 Å². The van der Waals surface area contributed by atoms with Gasteiger partial charge in [-0.25, -0.2) is 4.98 Å². The Labute approximate surface area is 141 Å². The van der Waals surface area contributed by atoms with Crippen molar-refractivity contribution in [3.63, 3.8) is 0 Å². The number of aromatic nitrogens is 2. The molecule has 23 heavy (non-hydrogen) atoms. The maximum Gasteiger partial charge on any atom is 0.137 e. The lowest BCUT2D eigenvalue weighted by molar-refractivity contribution is -0.918. The Morgan fingerprint density at radius 2 is 1.78 bits per heavy atom. The number of hydrogen-bond acceptors (Lipinski definition) is 1. The van der Waals surface area contributed by atoms with Crippen LogP contribution in [0.3, 0.4) is 0 Å². The number of hydrogen-bond donors (Lipinski definition) is 1. The van der Waals surface area contributed by atoms with Crippen LogP contribution in [0.15, 0.2) is 48.7 Å². The Hall–Kier alpha value is -1.84. The molecule has 0 atom stereocenters. The molecule has 118 valence electrons. The molecule has 1 aliphatic heterocycles. The van der Waals surface area contributed by atoms with Crippen molar-refractivity contribution >= 4 is 17.2 Å². The molecule has 1 aromatic carbocycles. The molecule has 3 nitrogen and oxygen atoms in total. The van der Waals surface area contributed by atoms with E-state index in [1.54, 1.807) is 4.90 Å². The summed E-state index contributed by atoms with van der Waals surface area (Å²) in [5, 5.41) is 0.765. The first-order valence-corrected chi connectivity index (χ1v) is 8.74. The summed E-state index contributed by atoms with van der Waals surface area (Å²) < 4.78 is 2.24. The molecule has 0 saturated carbocycles. The zero-order valence-corrected chi connectivity index (χ0v) is 13.9. The van der Waals surface area contributed by atoms with Crippen molar-refractivity contribution < 1.29 is 4.90 Å². The van der Waals surface area contributed by atoms with Crippen molar-refractivity contribution in [2.45, 2.75) is 25.8 Å². The van der Waals surface area contributed by atoms with E-state index >= 15 is 0 Å². The third-order valence-electron chi connectivity index (χ3n) is 4.72. The maximum atomic E-state index is 6.04. The molecule has 0 spiro atoms. The highest BCUT2D eigenvalue weighted by Crippen LogP contribution is 2.25. The van der Waals surface area contributed by atoms with Gasteiger partial charge in [0.2, 0.25) is 0 Å². The van der Waals surface area contributed by atoms with Crippen molar-refractivity contribution in [1.29, 1.82) is 0 Å². The number of likely N-dealkylation sites (tertiary alicyclic amines) is 1. The molecule has 1 N–H and O–H groups in total. The fraction of sp³-hybridized carbons (Fsp3) is 0.316. The summed E-state index contributed by atoms with van der Waals surface area (Å²) in [4.78, 5) is 6.55. The molecule has 1 fully saturated rings. The number of piperidine rings is 1. The molecule has 4 heteroatoms. The van der Waals surface area contributed by atoms with Crippen molar-refractivity contribution in [2.75, 3.05) is 13.1 Å². The van der Waals surface area contributed by atoms with Crippen LogP contribution in [0.2, 0.25) is 5.02 Å². The minimum absolute atomic E-state index is 0.765. The van der Waals surface area contributed by atoms with E-state index in [2.05, 4.69) is 34.9 Å². The first kappa shape index (κ1) is 14.7. The van der Waals surface area contributed by atoms with E-state index in [0.717, 1.165) is 28.5 Å². The summed E-state index contributed by atoms with van der Waals surface area (Å²) >= 11 is 6.04. The predicted octanol–water partition coefficient (Wildman–Crippen LogP) is 3.22. The second kappa shape index (κ2) is 6.34. The summed E-state index contributed by atoms with van der Waals surface area (Å²) in [6.07, 6.45) is 6.17. The van der Waals surface area contributed by atoms with Crippen LogP contribution >= 0.6 is 11.6 Å². The fourth-order valence-electron chi connectivity index (χ4n) is 3.52. The number of rotatable bonds is 3. The number of halogens is 1. The van der Waals surface area contributed by atoms with E-state index in [4.69, 9.17) is 16.6 Å². The molecule has 3 heterocycles. The number of benzene rings is 1. The zero-order chi connectivity index (χ0) is 15.6. The monoisotopic (exact) mass is 326 g/mol. The van der Waals surface area contributed by atoms with Crippen LogP contribution in [-0.4, -0.2) is 22.5 Å². The molecule has 4 rings (SSSR count). The molecule has 2 aromatic heterocycles. The third-order valence-corrected chi connectivity index (χ3v) is 4.98. The first-order valence-electron chi connectivity index (χ1n) is 8.37.